The molecule has 2 aliphatic heterocycles. The maximum atomic E-state index is 11.9. The largest absolute Gasteiger partial charge is 0.496 e. The third kappa shape index (κ3) is 6.83. The third-order valence-corrected chi connectivity index (χ3v) is 9.33. The predicted molar refractivity (Wildman–Crippen MR) is 177 cm³/mol. The van der Waals surface area contributed by atoms with Crippen molar-refractivity contribution in [2.45, 2.75) is 52.1 Å². The molecule has 0 bridgehead atoms. The minimum absolute atomic E-state index is 0.481. The first-order valence-corrected chi connectivity index (χ1v) is 16.0. The van der Waals surface area contributed by atoms with Crippen LogP contribution in [0, 0.1) is 13.8 Å². The number of benzene rings is 3. The van der Waals surface area contributed by atoms with Crippen molar-refractivity contribution in [3.8, 4) is 28.3 Å². The summed E-state index contributed by atoms with van der Waals surface area (Å²) in [5.41, 5.74) is 9.31. The zero-order chi connectivity index (χ0) is 31.3. The van der Waals surface area contributed by atoms with E-state index >= 15 is 0 Å². The molecule has 1 N–H and O–H groups in total. The zero-order valence-electron chi connectivity index (χ0n) is 26.6. The van der Waals surface area contributed by atoms with E-state index in [1.165, 1.54) is 16.7 Å². The molecule has 1 atom stereocenters. The number of carbonyl (C=O) groups is 1. The molecule has 4 aromatic rings. The number of morpholine rings is 1. The molecule has 2 fully saturated rings. The Kier molecular flexibility index (Phi) is 9.64. The first-order chi connectivity index (χ1) is 21.9. The number of aliphatic carboxylic acids is 1. The SMILES string of the molecule is COc1cc2oc(-c3cccc(-c4cccc(C/C=C/CN5CCOCC5)c4C)c3C)nc2cc1CN1CCCCC1C(=O)O. The van der Waals surface area contributed by atoms with Crippen LogP contribution in [0.5, 0.6) is 5.75 Å². The molecule has 236 valence electrons. The number of aromatic nitrogens is 1. The molecular formula is C37H43N3O5. The predicted octanol–water partition coefficient (Wildman–Crippen LogP) is 6.66. The van der Waals surface area contributed by atoms with Crippen molar-refractivity contribution in [2.24, 2.45) is 0 Å². The summed E-state index contributed by atoms with van der Waals surface area (Å²) in [5.74, 6) is 0.469. The number of nitrogens with zero attached hydrogens (tertiary/aromatic N) is 3. The van der Waals surface area contributed by atoms with E-state index in [1.807, 2.05) is 17.0 Å². The van der Waals surface area contributed by atoms with Crippen molar-refractivity contribution in [1.82, 2.24) is 14.8 Å². The Morgan fingerprint density at radius 2 is 1.73 bits per heavy atom. The number of ether oxygens (including phenoxy) is 2. The Balaban J connectivity index is 1.25. The summed E-state index contributed by atoms with van der Waals surface area (Å²) in [7, 11) is 1.64. The van der Waals surface area contributed by atoms with Crippen molar-refractivity contribution in [3.63, 3.8) is 0 Å². The quantitative estimate of drug-likeness (QED) is 0.200. The molecule has 0 radical (unpaired) electrons. The fraction of sp³-hybridized carbons (Fsp3) is 0.405. The van der Waals surface area contributed by atoms with E-state index in [0.29, 0.717) is 30.2 Å². The number of oxazole rings is 1. The fourth-order valence-electron chi connectivity index (χ4n) is 6.68. The summed E-state index contributed by atoms with van der Waals surface area (Å²) >= 11 is 0. The van der Waals surface area contributed by atoms with Gasteiger partial charge in [0.2, 0.25) is 5.89 Å². The second-order valence-corrected chi connectivity index (χ2v) is 12.1. The molecular weight excluding hydrogens is 566 g/mol. The number of fused-ring (bicyclic) bond motifs is 1. The van der Waals surface area contributed by atoms with Gasteiger partial charge < -0.3 is 19.0 Å². The van der Waals surface area contributed by atoms with E-state index in [0.717, 1.165) is 86.4 Å². The van der Waals surface area contributed by atoms with Crippen LogP contribution < -0.4 is 4.74 Å². The van der Waals surface area contributed by atoms with E-state index in [2.05, 4.69) is 67.3 Å². The van der Waals surface area contributed by atoms with Crippen molar-refractivity contribution in [3.05, 3.63) is 82.9 Å². The van der Waals surface area contributed by atoms with Crippen LogP contribution in [0.4, 0.5) is 0 Å². The molecule has 1 unspecified atom stereocenters. The lowest BCUT2D eigenvalue weighted by Crippen LogP contribution is -2.44. The number of rotatable bonds is 10. The number of carboxylic acid groups (broad SMARTS) is 1. The van der Waals surface area contributed by atoms with E-state index in [4.69, 9.17) is 18.9 Å². The van der Waals surface area contributed by atoms with Crippen LogP contribution in [0.1, 0.15) is 41.5 Å². The Morgan fingerprint density at radius 1 is 0.978 bits per heavy atom. The highest BCUT2D eigenvalue weighted by molar-refractivity contribution is 5.82. The summed E-state index contributed by atoms with van der Waals surface area (Å²) in [6.45, 7) is 10.2. The van der Waals surface area contributed by atoms with Crippen molar-refractivity contribution in [2.75, 3.05) is 46.5 Å². The molecule has 8 heteroatoms. The molecule has 0 spiro atoms. The van der Waals surface area contributed by atoms with Gasteiger partial charge in [-0.05, 0) is 79.6 Å². The molecule has 0 aliphatic carbocycles. The number of hydrogen-bond donors (Lipinski definition) is 1. The molecule has 6 rings (SSSR count). The molecule has 8 nitrogen and oxygen atoms in total. The van der Waals surface area contributed by atoms with Gasteiger partial charge in [-0.25, -0.2) is 4.98 Å². The zero-order valence-corrected chi connectivity index (χ0v) is 26.6. The normalized spacial score (nSPS) is 18.2. The standard InChI is InChI=1S/C37H43N3O5/c1-25-27(10-4-6-16-39-18-20-44-21-19-39)11-8-12-29(25)30-13-9-14-31(26(30)2)36-38-32-22-28(34(43-3)23-35(32)45-36)24-40-17-7-5-15-33(40)37(41)42/h4,6,8-9,11-14,22-23,33H,5,7,10,15-21,24H2,1-3H3,(H,41,42)/b6-4+. The molecule has 45 heavy (non-hydrogen) atoms. The van der Waals surface area contributed by atoms with E-state index in [-0.39, 0.29) is 0 Å². The average molecular weight is 610 g/mol. The van der Waals surface area contributed by atoms with Crippen LogP contribution in [0.15, 0.2) is 65.1 Å². The number of allylic oxidation sites excluding steroid dienone is 1. The highest BCUT2D eigenvalue weighted by atomic mass is 16.5. The first kappa shape index (κ1) is 31.0. The van der Waals surface area contributed by atoms with Crippen molar-refractivity contribution >= 4 is 17.1 Å². The second kappa shape index (κ2) is 14.0. The number of carboxylic acids is 1. The van der Waals surface area contributed by atoms with Gasteiger partial charge >= 0.3 is 5.97 Å². The molecule has 1 aromatic heterocycles. The fourth-order valence-corrected chi connectivity index (χ4v) is 6.68. The number of hydrogen-bond acceptors (Lipinski definition) is 7. The van der Waals surface area contributed by atoms with Crippen LogP contribution in [-0.4, -0.2) is 78.4 Å². The van der Waals surface area contributed by atoms with Gasteiger partial charge in [0.1, 0.15) is 17.3 Å². The third-order valence-electron chi connectivity index (χ3n) is 9.33. The van der Waals surface area contributed by atoms with E-state index in [9.17, 15) is 9.90 Å². The molecule has 2 saturated heterocycles. The monoisotopic (exact) mass is 609 g/mol. The van der Waals surface area contributed by atoms with Gasteiger partial charge in [-0.1, -0.05) is 48.9 Å². The van der Waals surface area contributed by atoms with Gasteiger partial charge in [0, 0.05) is 43.4 Å². The number of likely N-dealkylation sites (tertiary alicyclic amines) is 1. The van der Waals surface area contributed by atoms with Crippen LogP contribution in [0.2, 0.25) is 0 Å². The van der Waals surface area contributed by atoms with Gasteiger partial charge in [0.05, 0.1) is 20.3 Å². The van der Waals surface area contributed by atoms with Gasteiger partial charge in [-0.3, -0.25) is 14.6 Å². The summed E-state index contributed by atoms with van der Waals surface area (Å²) in [5, 5.41) is 9.76. The maximum Gasteiger partial charge on any atom is 0.320 e. The Morgan fingerprint density at radius 3 is 2.51 bits per heavy atom. The minimum Gasteiger partial charge on any atom is -0.496 e. The number of methoxy groups -OCH3 is 1. The van der Waals surface area contributed by atoms with Gasteiger partial charge in [-0.15, -0.1) is 0 Å². The molecule has 0 amide bonds. The van der Waals surface area contributed by atoms with Crippen molar-refractivity contribution < 1.29 is 23.8 Å². The van der Waals surface area contributed by atoms with Crippen LogP contribution in [0.25, 0.3) is 33.7 Å². The maximum absolute atomic E-state index is 11.9. The molecule has 2 aliphatic rings. The van der Waals surface area contributed by atoms with Crippen molar-refractivity contribution in [1.29, 1.82) is 0 Å². The lowest BCUT2D eigenvalue weighted by Gasteiger charge is -2.33. The lowest BCUT2D eigenvalue weighted by molar-refractivity contribution is -0.144. The Bertz CT molecular complexity index is 1690. The molecule has 3 heterocycles. The minimum atomic E-state index is -0.769. The van der Waals surface area contributed by atoms with Crippen LogP contribution in [0.3, 0.4) is 0 Å². The topological polar surface area (TPSA) is 88.3 Å². The van der Waals surface area contributed by atoms with Gasteiger partial charge in [0.15, 0.2) is 5.58 Å². The molecule has 3 aromatic carbocycles. The smallest absolute Gasteiger partial charge is 0.320 e. The highest BCUT2D eigenvalue weighted by Crippen LogP contribution is 2.37. The van der Waals surface area contributed by atoms with Crippen LogP contribution in [-0.2, 0) is 22.5 Å². The summed E-state index contributed by atoms with van der Waals surface area (Å²) in [6, 6.07) is 16.2. The van der Waals surface area contributed by atoms with E-state index in [1.54, 1.807) is 7.11 Å². The number of piperidine rings is 1. The van der Waals surface area contributed by atoms with Gasteiger partial charge in [-0.2, -0.15) is 0 Å². The summed E-state index contributed by atoms with van der Waals surface area (Å²) in [6.07, 6.45) is 8.03. The average Bonchev–Trinajstić information content (AvgIpc) is 3.47. The Labute approximate surface area is 265 Å². The van der Waals surface area contributed by atoms with Gasteiger partial charge in [0.25, 0.3) is 0 Å². The van der Waals surface area contributed by atoms with Crippen LogP contribution >= 0.6 is 0 Å². The lowest BCUT2D eigenvalue weighted by atomic mass is 9.90. The Hall–Kier alpha value is -3.98. The summed E-state index contributed by atoms with van der Waals surface area (Å²) in [4.78, 5) is 21.3. The summed E-state index contributed by atoms with van der Waals surface area (Å²) < 4.78 is 17.5. The highest BCUT2D eigenvalue weighted by Gasteiger charge is 2.29. The molecule has 0 saturated carbocycles. The second-order valence-electron chi connectivity index (χ2n) is 12.1. The first-order valence-electron chi connectivity index (χ1n) is 16.0. The van der Waals surface area contributed by atoms with E-state index < -0.39 is 12.0 Å².